The summed E-state index contributed by atoms with van der Waals surface area (Å²) < 4.78 is 5.38. The topological polar surface area (TPSA) is 47.0 Å². The molecule has 0 spiro atoms. The Kier molecular flexibility index (Phi) is 4.56. The lowest BCUT2D eigenvalue weighted by Crippen LogP contribution is -2.09. The van der Waals surface area contributed by atoms with Gasteiger partial charge in [0.25, 0.3) is 0 Å². The van der Waals surface area contributed by atoms with Gasteiger partial charge >= 0.3 is 0 Å². The monoisotopic (exact) mass is 271 g/mol. The number of ether oxygens (including phenoxy) is 1. The van der Waals surface area contributed by atoms with Crippen molar-refractivity contribution in [2.24, 2.45) is 0 Å². The number of hydrogen-bond donors (Lipinski definition) is 1. The fourth-order valence-corrected chi connectivity index (χ4v) is 2.22. The largest absolute Gasteiger partial charge is 0.496 e. The first-order chi connectivity index (χ1) is 9.58. The second kappa shape index (κ2) is 6.37. The molecule has 0 aliphatic carbocycles. The van der Waals surface area contributed by atoms with Gasteiger partial charge in [-0.1, -0.05) is 17.7 Å². The molecule has 0 unspecified atom stereocenters. The standard InChI is InChI=1S/C16H21N3O/c1-11-5-6-15(20-4)14(9-11)7-8-17-16-18-12(2)10-13(3)19-16/h5-6,9-10H,7-8H2,1-4H3,(H,17,18,19). The second-order valence-corrected chi connectivity index (χ2v) is 4.97. The van der Waals surface area contributed by atoms with Gasteiger partial charge in [0.1, 0.15) is 5.75 Å². The Morgan fingerprint density at radius 3 is 2.40 bits per heavy atom. The van der Waals surface area contributed by atoms with Crippen molar-refractivity contribution in [3.8, 4) is 5.75 Å². The molecule has 1 N–H and O–H groups in total. The number of rotatable bonds is 5. The Morgan fingerprint density at radius 2 is 1.75 bits per heavy atom. The summed E-state index contributed by atoms with van der Waals surface area (Å²) >= 11 is 0. The van der Waals surface area contributed by atoms with Crippen molar-refractivity contribution in [3.05, 3.63) is 46.8 Å². The highest BCUT2D eigenvalue weighted by Gasteiger charge is 2.04. The second-order valence-electron chi connectivity index (χ2n) is 4.97. The minimum atomic E-state index is 0.689. The van der Waals surface area contributed by atoms with Crippen molar-refractivity contribution >= 4 is 5.95 Å². The zero-order chi connectivity index (χ0) is 14.5. The maximum atomic E-state index is 5.38. The molecule has 0 bridgehead atoms. The minimum Gasteiger partial charge on any atom is -0.496 e. The summed E-state index contributed by atoms with van der Waals surface area (Å²) in [5.74, 6) is 1.62. The third kappa shape index (κ3) is 3.70. The molecular formula is C16H21N3O. The maximum Gasteiger partial charge on any atom is 0.223 e. The van der Waals surface area contributed by atoms with Crippen molar-refractivity contribution in [3.63, 3.8) is 0 Å². The number of benzene rings is 1. The Bertz CT molecular complexity index is 576. The Morgan fingerprint density at radius 1 is 1.05 bits per heavy atom. The Balaban J connectivity index is 2.00. The Hall–Kier alpha value is -2.10. The van der Waals surface area contributed by atoms with Gasteiger partial charge in [-0.2, -0.15) is 0 Å². The van der Waals surface area contributed by atoms with Gasteiger partial charge in [0.05, 0.1) is 7.11 Å². The quantitative estimate of drug-likeness (QED) is 0.908. The summed E-state index contributed by atoms with van der Waals surface area (Å²) in [5, 5.41) is 3.27. The number of anilines is 1. The van der Waals surface area contributed by atoms with E-state index in [-0.39, 0.29) is 0 Å². The minimum absolute atomic E-state index is 0.689. The lowest BCUT2D eigenvalue weighted by atomic mass is 10.1. The molecule has 4 nitrogen and oxygen atoms in total. The number of aromatic nitrogens is 2. The van der Waals surface area contributed by atoms with Crippen LogP contribution in [0, 0.1) is 20.8 Å². The predicted octanol–water partition coefficient (Wildman–Crippen LogP) is 3.07. The maximum absolute atomic E-state index is 5.38. The van der Waals surface area contributed by atoms with Crippen molar-refractivity contribution in [2.75, 3.05) is 19.0 Å². The molecule has 0 saturated heterocycles. The molecule has 2 aromatic rings. The highest BCUT2D eigenvalue weighted by atomic mass is 16.5. The smallest absolute Gasteiger partial charge is 0.223 e. The molecule has 106 valence electrons. The first-order valence-corrected chi connectivity index (χ1v) is 6.78. The van der Waals surface area contributed by atoms with Crippen molar-refractivity contribution in [2.45, 2.75) is 27.2 Å². The van der Waals surface area contributed by atoms with Crippen molar-refractivity contribution in [1.29, 1.82) is 0 Å². The summed E-state index contributed by atoms with van der Waals surface area (Å²) in [6.45, 7) is 6.82. The van der Waals surface area contributed by atoms with Crippen molar-refractivity contribution in [1.82, 2.24) is 9.97 Å². The van der Waals surface area contributed by atoms with Gasteiger partial charge in [-0.05, 0) is 44.9 Å². The van der Waals surface area contributed by atoms with E-state index in [9.17, 15) is 0 Å². The van der Waals surface area contributed by atoms with Gasteiger partial charge in [0.15, 0.2) is 0 Å². The molecule has 0 atom stereocenters. The zero-order valence-electron chi connectivity index (χ0n) is 12.5. The van der Waals surface area contributed by atoms with E-state index in [2.05, 4.69) is 34.3 Å². The molecule has 0 fully saturated rings. The molecule has 0 saturated carbocycles. The summed E-state index contributed by atoms with van der Waals surface area (Å²) in [5.41, 5.74) is 4.40. The van der Waals surface area contributed by atoms with E-state index in [1.807, 2.05) is 26.0 Å². The van der Waals surface area contributed by atoms with Crippen LogP contribution in [-0.2, 0) is 6.42 Å². The normalized spacial score (nSPS) is 10.4. The summed E-state index contributed by atoms with van der Waals surface area (Å²) in [6.07, 6.45) is 0.876. The number of methoxy groups -OCH3 is 1. The highest BCUT2D eigenvalue weighted by molar-refractivity contribution is 5.38. The molecule has 1 aromatic carbocycles. The highest BCUT2D eigenvalue weighted by Crippen LogP contribution is 2.20. The van der Waals surface area contributed by atoms with Gasteiger partial charge in [-0.15, -0.1) is 0 Å². The molecule has 0 aliphatic rings. The fourth-order valence-electron chi connectivity index (χ4n) is 2.22. The molecule has 0 radical (unpaired) electrons. The van der Waals surface area contributed by atoms with Gasteiger partial charge in [-0.3, -0.25) is 0 Å². The van der Waals surface area contributed by atoms with Gasteiger partial charge in [0.2, 0.25) is 5.95 Å². The van der Waals surface area contributed by atoms with Crippen LogP contribution < -0.4 is 10.1 Å². The lowest BCUT2D eigenvalue weighted by Gasteiger charge is -2.10. The van der Waals surface area contributed by atoms with E-state index < -0.39 is 0 Å². The SMILES string of the molecule is COc1ccc(C)cc1CCNc1nc(C)cc(C)n1. The van der Waals surface area contributed by atoms with Gasteiger partial charge < -0.3 is 10.1 Å². The molecule has 0 amide bonds. The molecule has 1 heterocycles. The third-order valence-corrected chi connectivity index (χ3v) is 3.10. The zero-order valence-corrected chi connectivity index (χ0v) is 12.5. The van der Waals surface area contributed by atoms with E-state index >= 15 is 0 Å². The van der Waals surface area contributed by atoms with E-state index in [1.54, 1.807) is 7.11 Å². The summed E-state index contributed by atoms with van der Waals surface area (Å²) in [6, 6.07) is 8.19. The lowest BCUT2D eigenvalue weighted by molar-refractivity contribution is 0.410. The summed E-state index contributed by atoms with van der Waals surface area (Å²) in [4.78, 5) is 8.74. The van der Waals surface area contributed by atoms with Crippen LogP contribution in [0.5, 0.6) is 5.75 Å². The molecule has 2 rings (SSSR count). The van der Waals surface area contributed by atoms with E-state index in [1.165, 1.54) is 11.1 Å². The van der Waals surface area contributed by atoms with Crippen LogP contribution in [0.15, 0.2) is 24.3 Å². The Labute approximate surface area is 120 Å². The fraction of sp³-hybridized carbons (Fsp3) is 0.375. The molecule has 20 heavy (non-hydrogen) atoms. The molecule has 0 aliphatic heterocycles. The van der Waals surface area contributed by atoms with Crippen LogP contribution in [0.1, 0.15) is 22.5 Å². The first kappa shape index (κ1) is 14.3. The van der Waals surface area contributed by atoms with Crippen LogP contribution >= 0.6 is 0 Å². The van der Waals surface area contributed by atoms with Crippen LogP contribution in [0.25, 0.3) is 0 Å². The summed E-state index contributed by atoms with van der Waals surface area (Å²) in [7, 11) is 1.70. The number of nitrogens with zero attached hydrogens (tertiary/aromatic N) is 2. The first-order valence-electron chi connectivity index (χ1n) is 6.78. The van der Waals surface area contributed by atoms with Crippen molar-refractivity contribution < 1.29 is 4.74 Å². The van der Waals surface area contributed by atoms with Crippen LogP contribution in [-0.4, -0.2) is 23.6 Å². The average molecular weight is 271 g/mol. The molecule has 1 aromatic heterocycles. The van der Waals surface area contributed by atoms with Gasteiger partial charge in [-0.25, -0.2) is 9.97 Å². The molecule has 4 heteroatoms. The third-order valence-electron chi connectivity index (χ3n) is 3.10. The predicted molar refractivity (Wildman–Crippen MR) is 81.4 cm³/mol. The van der Waals surface area contributed by atoms with E-state index in [4.69, 9.17) is 4.74 Å². The number of aryl methyl sites for hydroxylation is 3. The van der Waals surface area contributed by atoms with Gasteiger partial charge in [0, 0.05) is 17.9 Å². The molecular weight excluding hydrogens is 250 g/mol. The average Bonchev–Trinajstić information content (AvgIpc) is 2.38. The van der Waals surface area contributed by atoms with Crippen LogP contribution in [0.2, 0.25) is 0 Å². The van der Waals surface area contributed by atoms with Crippen LogP contribution in [0.3, 0.4) is 0 Å². The van der Waals surface area contributed by atoms with E-state index in [0.29, 0.717) is 5.95 Å². The van der Waals surface area contributed by atoms with Crippen LogP contribution in [0.4, 0.5) is 5.95 Å². The number of nitrogens with one attached hydrogen (secondary N) is 1. The van der Waals surface area contributed by atoms with E-state index in [0.717, 1.165) is 30.1 Å². The number of hydrogen-bond acceptors (Lipinski definition) is 4.